The zero-order valence-corrected chi connectivity index (χ0v) is 21.7. The van der Waals surface area contributed by atoms with Gasteiger partial charge in [-0.05, 0) is 75.1 Å². The highest BCUT2D eigenvalue weighted by atomic mass is 32.2. The molecule has 2 aliphatic carbocycles. The third kappa shape index (κ3) is 7.05. The normalized spacial score (nSPS) is 23.7. The second kappa shape index (κ2) is 12.8. The van der Waals surface area contributed by atoms with Crippen LogP contribution in [0.25, 0.3) is 0 Å². The minimum atomic E-state index is -0.925. The van der Waals surface area contributed by atoms with Crippen molar-refractivity contribution in [3.05, 3.63) is 29.3 Å². The Bertz CT molecular complexity index is 964. The van der Waals surface area contributed by atoms with Crippen molar-refractivity contribution >= 4 is 36.0 Å². The Balaban J connectivity index is 1.59. The Morgan fingerprint density at radius 2 is 1.39 bits per heavy atom. The number of aryl methyl sites for hydroxylation is 2. The van der Waals surface area contributed by atoms with Gasteiger partial charge in [0.15, 0.2) is 0 Å². The standard InChI is InChI=1S/C25H32O10S/c1-5-30-24(28)34-12-32-22(26)19-16(11-36-17-8-7-14(3)15(4)9-17)10-18-20(19)21(18)23(27)33-13-35-25(29)31-6-2/h7-9,16,18-21H,5-6,10-13H2,1-4H3. The topological polar surface area (TPSA) is 124 Å². The molecule has 0 saturated heterocycles. The molecule has 5 unspecified atom stereocenters. The number of rotatable bonds is 11. The van der Waals surface area contributed by atoms with Crippen LogP contribution in [0.15, 0.2) is 23.1 Å². The average Bonchev–Trinajstić information content (AvgIpc) is 3.40. The Labute approximate surface area is 214 Å². The van der Waals surface area contributed by atoms with Gasteiger partial charge in [-0.1, -0.05) is 6.07 Å². The lowest BCUT2D eigenvalue weighted by Gasteiger charge is -2.22. The minimum absolute atomic E-state index is 0.0264. The first-order chi connectivity index (χ1) is 17.3. The van der Waals surface area contributed by atoms with Crippen molar-refractivity contribution in [1.29, 1.82) is 0 Å². The lowest BCUT2D eigenvalue weighted by molar-refractivity contribution is -0.161. The Morgan fingerprint density at radius 1 is 0.806 bits per heavy atom. The van der Waals surface area contributed by atoms with Gasteiger partial charge in [0.25, 0.3) is 0 Å². The van der Waals surface area contributed by atoms with E-state index >= 15 is 0 Å². The van der Waals surface area contributed by atoms with E-state index in [1.807, 2.05) is 6.07 Å². The highest BCUT2D eigenvalue weighted by Gasteiger charge is 2.67. The summed E-state index contributed by atoms with van der Waals surface area (Å²) in [7, 11) is 0. The molecule has 0 bridgehead atoms. The molecule has 36 heavy (non-hydrogen) atoms. The molecule has 0 amide bonds. The van der Waals surface area contributed by atoms with Crippen LogP contribution in [0.4, 0.5) is 9.59 Å². The van der Waals surface area contributed by atoms with Gasteiger partial charge >= 0.3 is 24.2 Å². The summed E-state index contributed by atoms with van der Waals surface area (Å²) in [6.45, 7) is 6.53. The second-order valence-corrected chi connectivity index (χ2v) is 9.76. The fourth-order valence-corrected chi connectivity index (χ4v) is 5.82. The maximum Gasteiger partial charge on any atom is 0.511 e. The summed E-state index contributed by atoms with van der Waals surface area (Å²) in [4.78, 5) is 49.3. The predicted molar refractivity (Wildman–Crippen MR) is 127 cm³/mol. The maximum atomic E-state index is 13.0. The smallest absolute Gasteiger partial charge is 0.435 e. The molecule has 0 radical (unpaired) electrons. The van der Waals surface area contributed by atoms with E-state index < -0.39 is 49.7 Å². The zero-order chi connectivity index (χ0) is 26.2. The van der Waals surface area contributed by atoms with Gasteiger partial charge in [-0.3, -0.25) is 9.59 Å². The van der Waals surface area contributed by atoms with Crippen LogP contribution in [0, 0.1) is 43.4 Å². The van der Waals surface area contributed by atoms with Crippen LogP contribution >= 0.6 is 11.8 Å². The number of esters is 2. The quantitative estimate of drug-likeness (QED) is 0.179. The fourth-order valence-electron chi connectivity index (χ4n) is 4.65. The number of fused-ring (bicyclic) bond motifs is 1. The molecule has 0 aromatic heterocycles. The SMILES string of the molecule is CCOC(=O)OCOC(=O)C1C(CSc2ccc(C)c(C)c2)CC2C(C(=O)OCOC(=O)OCC)C21. The molecule has 2 fully saturated rings. The van der Waals surface area contributed by atoms with Crippen LogP contribution in [0.1, 0.15) is 31.4 Å². The average molecular weight is 525 g/mol. The third-order valence-corrected chi connectivity index (χ3v) is 7.68. The van der Waals surface area contributed by atoms with Gasteiger partial charge in [-0.2, -0.15) is 0 Å². The van der Waals surface area contributed by atoms with Gasteiger partial charge in [0.1, 0.15) is 0 Å². The van der Waals surface area contributed by atoms with E-state index in [2.05, 4.69) is 35.5 Å². The lowest BCUT2D eigenvalue weighted by atomic mass is 9.90. The van der Waals surface area contributed by atoms with Crippen LogP contribution in [0.2, 0.25) is 0 Å². The molecule has 1 aromatic carbocycles. The predicted octanol–water partition coefficient (Wildman–Crippen LogP) is 4.24. The highest BCUT2D eigenvalue weighted by molar-refractivity contribution is 7.99. The molecule has 0 heterocycles. The van der Waals surface area contributed by atoms with Crippen molar-refractivity contribution in [2.24, 2.45) is 29.6 Å². The molecule has 2 saturated carbocycles. The monoisotopic (exact) mass is 524 g/mol. The van der Waals surface area contributed by atoms with E-state index in [0.717, 1.165) is 4.90 Å². The lowest BCUT2D eigenvalue weighted by Crippen LogP contribution is -2.30. The number of carbonyl (C=O) groups is 4. The third-order valence-electron chi connectivity index (χ3n) is 6.49. The van der Waals surface area contributed by atoms with Gasteiger partial charge < -0.3 is 28.4 Å². The number of hydrogen-bond donors (Lipinski definition) is 0. The Hall–Kier alpha value is -2.95. The van der Waals surface area contributed by atoms with E-state index in [4.69, 9.17) is 18.9 Å². The number of hydrogen-bond acceptors (Lipinski definition) is 11. The van der Waals surface area contributed by atoms with Crippen molar-refractivity contribution in [1.82, 2.24) is 0 Å². The summed E-state index contributed by atoms with van der Waals surface area (Å²) in [5, 5.41) is 0. The minimum Gasteiger partial charge on any atom is -0.435 e. The summed E-state index contributed by atoms with van der Waals surface area (Å²) in [6.07, 6.45) is -1.20. The molecule has 11 heteroatoms. The van der Waals surface area contributed by atoms with E-state index in [-0.39, 0.29) is 31.0 Å². The number of thioether (sulfide) groups is 1. The molecular formula is C25H32O10S. The molecule has 2 aliphatic rings. The van der Waals surface area contributed by atoms with Crippen LogP contribution in [0.5, 0.6) is 0 Å². The molecule has 5 atom stereocenters. The molecule has 198 valence electrons. The van der Waals surface area contributed by atoms with E-state index in [1.165, 1.54) is 11.1 Å². The van der Waals surface area contributed by atoms with Crippen LogP contribution in [-0.4, -0.2) is 56.8 Å². The molecule has 0 aliphatic heterocycles. The van der Waals surface area contributed by atoms with Gasteiger partial charge in [0, 0.05) is 10.6 Å². The second-order valence-electron chi connectivity index (χ2n) is 8.66. The van der Waals surface area contributed by atoms with Crippen LogP contribution in [-0.2, 0) is 38.0 Å². The molecule has 10 nitrogen and oxygen atoms in total. The van der Waals surface area contributed by atoms with E-state index in [0.29, 0.717) is 12.2 Å². The summed E-state index contributed by atoms with van der Waals surface area (Å²) in [5.74, 6) is -1.74. The first-order valence-electron chi connectivity index (χ1n) is 11.9. The van der Waals surface area contributed by atoms with E-state index in [9.17, 15) is 19.2 Å². The van der Waals surface area contributed by atoms with Crippen molar-refractivity contribution in [3.8, 4) is 0 Å². The highest BCUT2D eigenvalue weighted by Crippen LogP contribution is 2.64. The molecular weight excluding hydrogens is 492 g/mol. The van der Waals surface area contributed by atoms with Crippen LogP contribution in [0.3, 0.4) is 0 Å². The molecule has 1 aromatic rings. The Kier molecular flexibility index (Phi) is 9.86. The van der Waals surface area contributed by atoms with Gasteiger partial charge in [-0.25, -0.2) is 9.59 Å². The Morgan fingerprint density at radius 3 is 1.94 bits per heavy atom. The summed E-state index contributed by atoms with van der Waals surface area (Å²) in [5.41, 5.74) is 2.40. The largest absolute Gasteiger partial charge is 0.511 e. The first-order valence-corrected chi connectivity index (χ1v) is 12.9. The summed E-state index contributed by atoms with van der Waals surface area (Å²) in [6, 6.07) is 6.22. The van der Waals surface area contributed by atoms with Gasteiger partial charge in [0.2, 0.25) is 13.6 Å². The summed E-state index contributed by atoms with van der Waals surface area (Å²) < 4.78 is 29.0. The molecule has 0 spiro atoms. The fraction of sp³-hybridized carbons (Fsp3) is 0.600. The van der Waals surface area contributed by atoms with Gasteiger partial charge in [-0.15, -0.1) is 11.8 Å². The number of benzene rings is 1. The summed E-state index contributed by atoms with van der Waals surface area (Å²) >= 11 is 1.65. The van der Waals surface area contributed by atoms with E-state index in [1.54, 1.807) is 25.6 Å². The molecule has 0 N–H and O–H groups in total. The van der Waals surface area contributed by atoms with Crippen LogP contribution < -0.4 is 0 Å². The van der Waals surface area contributed by atoms with Crippen molar-refractivity contribution < 1.29 is 47.6 Å². The first kappa shape index (κ1) is 27.6. The maximum absolute atomic E-state index is 13.0. The van der Waals surface area contributed by atoms with Crippen molar-refractivity contribution in [2.45, 2.75) is 39.0 Å². The van der Waals surface area contributed by atoms with Crippen molar-refractivity contribution in [2.75, 3.05) is 32.6 Å². The number of ether oxygens (including phenoxy) is 6. The van der Waals surface area contributed by atoms with Crippen molar-refractivity contribution in [3.63, 3.8) is 0 Å². The zero-order valence-electron chi connectivity index (χ0n) is 20.9. The molecule has 3 rings (SSSR count). The van der Waals surface area contributed by atoms with Gasteiger partial charge in [0.05, 0.1) is 25.0 Å². The number of carbonyl (C=O) groups excluding carboxylic acids is 4.